The van der Waals surface area contributed by atoms with Crippen LogP contribution < -0.4 is 0 Å². The summed E-state index contributed by atoms with van der Waals surface area (Å²) in [4.78, 5) is 4.06. The molecule has 0 fully saturated rings. The van der Waals surface area contributed by atoms with Crippen LogP contribution in [0.15, 0.2) is 42.7 Å². The van der Waals surface area contributed by atoms with Gasteiger partial charge in [0.1, 0.15) is 18.4 Å². The molecule has 0 atom stereocenters. The fourth-order valence-corrected chi connectivity index (χ4v) is 2.41. The van der Waals surface area contributed by atoms with E-state index in [1.54, 1.807) is 11.0 Å². The van der Waals surface area contributed by atoms with Crippen molar-refractivity contribution >= 4 is 17.3 Å². The van der Waals surface area contributed by atoms with Crippen molar-refractivity contribution in [3.8, 4) is 0 Å². The van der Waals surface area contributed by atoms with E-state index in [0.717, 1.165) is 22.0 Å². The smallest absolute Gasteiger partial charge is 0.138 e. The van der Waals surface area contributed by atoms with E-state index < -0.39 is 0 Å². The molecule has 2 aromatic rings. The normalized spacial score (nSPS) is 13.0. The van der Waals surface area contributed by atoms with Crippen LogP contribution in [0.4, 0.5) is 0 Å². The number of hydrogen-bond acceptors (Lipinski definition) is 3. The van der Waals surface area contributed by atoms with Crippen molar-refractivity contribution in [2.45, 2.75) is 34.1 Å². The summed E-state index contributed by atoms with van der Waals surface area (Å²) < 4.78 is 7.74. The minimum absolute atomic E-state index is 0.121. The fraction of sp³-hybridized carbons (Fsp3) is 0.412. The lowest BCUT2D eigenvalue weighted by Crippen LogP contribution is -2.18. The van der Waals surface area contributed by atoms with Crippen LogP contribution in [0.3, 0.4) is 0 Å². The van der Waals surface area contributed by atoms with Gasteiger partial charge in [0.05, 0.1) is 12.3 Å². The van der Waals surface area contributed by atoms with Gasteiger partial charge in [0.15, 0.2) is 0 Å². The SMILES string of the molecule is CCOC(=C(Cc1ccc(Cl)cc1)n1cncn1)C(C)(C)C. The Morgan fingerprint density at radius 2 is 1.91 bits per heavy atom. The zero-order chi connectivity index (χ0) is 16.2. The predicted molar refractivity (Wildman–Crippen MR) is 89.5 cm³/mol. The van der Waals surface area contributed by atoms with E-state index in [1.807, 2.05) is 31.2 Å². The zero-order valence-electron chi connectivity index (χ0n) is 13.5. The number of allylic oxidation sites excluding steroid dienone is 2. The van der Waals surface area contributed by atoms with Gasteiger partial charge in [0.2, 0.25) is 0 Å². The number of benzene rings is 1. The summed E-state index contributed by atoms with van der Waals surface area (Å²) in [5.74, 6) is 0.926. The summed E-state index contributed by atoms with van der Waals surface area (Å²) in [6.07, 6.45) is 3.94. The number of nitrogens with zero attached hydrogens (tertiary/aromatic N) is 3. The summed E-state index contributed by atoms with van der Waals surface area (Å²) in [5.41, 5.74) is 2.02. The fourth-order valence-electron chi connectivity index (χ4n) is 2.29. The van der Waals surface area contributed by atoms with Gasteiger partial charge >= 0.3 is 0 Å². The molecule has 1 heterocycles. The molecule has 118 valence electrons. The standard InChI is InChI=1S/C17H22ClN3O/c1-5-22-16(17(2,3)4)15(21-12-19-11-20-21)10-13-6-8-14(18)9-7-13/h6-9,11-12H,5,10H2,1-4H3. The number of rotatable bonds is 5. The minimum Gasteiger partial charge on any atom is -0.496 e. The molecule has 2 rings (SSSR count). The Balaban J connectivity index is 2.48. The van der Waals surface area contributed by atoms with Gasteiger partial charge in [-0.05, 0) is 24.6 Å². The van der Waals surface area contributed by atoms with E-state index in [9.17, 15) is 0 Å². The van der Waals surface area contributed by atoms with Crippen LogP contribution in [0.2, 0.25) is 5.02 Å². The maximum Gasteiger partial charge on any atom is 0.138 e. The Hall–Kier alpha value is -1.81. The molecule has 0 unspecified atom stereocenters. The van der Waals surface area contributed by atoms with Crippen LogP contribution in [-0.4, -0.2) is 21.4 Å². The van der Waals surface area contributed by atoms with E-state index >= 15 is 0 Å². The topological polar surface area (TPSA) is 39.9 Å². The molecule has 0 bridgehead atoms. The van der Waals surface area contributed by atoms with Crippen molar-refractivity contribution in [3.63, 3.8) is 0 Å². The van der Waals surface area contributed by atoms with Gasteiger partial charge in [-0.1, -0.05) is 44.5 Å². The second-order valence-electron chi connectivity index (χ2n) is 6.10. The number of hydrogen-bond donors (Lipinski definition) is 0. The molecule has 0 aliphatic heterocycles. The third-order valence-corrected chi connectivity index (χ3v) is 3.46. The van der Waals surface area contributed by atoms with E-state index in [1.165, 1.54) is 6.33 Å². The van der Waals surface area contributed by atoms with Crippen molar-refractivity contribution < 1.29 is 4.74 Å². The Morgan fingerprint density at radius 1 is 1.23 bits per heavy atom. The van der Waals surface area contributed by atoms with E-state index in [4.69, 9.17) is 16.3 Å². The Morgan fingerprint density at radius 3 is 2.41 bits per heavy atom. The lowest BCUT2D eigenvalue weighted by Gasteiger charge is -2.26. The average Bonchev–Trinajstić information content (AvgIpc) is 2.97. The van der Waals surface area contributed by atoms with Crippen LogP contribution in [0, 0.1) is 5.41 Å². The van der Waals surface area contributed by atoms with Crippen LogP contribution >= 0.6 is 11.6 Å². The Kier molecular flexibility index (Phi) is 5.24. The van der Waals surface area contributed by atoms with Crippen LogP contribution in [-0.2, 0) is 11.2 Å². The van der Waals surface area contributed by atoms with E-state index in [-0.39, 0.29) is 5.41 Å². The van der Waals surface area contributed by atoms with Gasteiger partial charge in [0, 0.05) is 16.9 Å². The van der Waals surface area contributed by atoms with Gasteiger partial charge in [-0.3, -0.25) is 0 Å². The van der Waals surface area contributed by atoms with Crippen LogP contribution in [0.5, 0.6) is 0 Å². The highest BCUT2D eigenvalue weighted by molar-refractivity contribution is 6.30. The molecule has 0 aliphatic carbocycles. The molecule has 1 aromatic carbocycles. The summed E-state index contributed by atoms with van der Waals surface area (Å²) >= 11 is 5.97. The third kappa shape index (κ3) is 4.10. The van der Waals surface area contributed by atoms with Gasteiger partial charge in [-0.15, -0.1) is 0 Å². The molecule has 0 saturated heterocycles. The van der Waals surface area contributed by atoms with Crippen molar-refractivity contribution in [1.29, 1.82) is 0 Å². The van der Waals surface area contributed by atoms with Crippen molar-refractivity contribution in [2.24, 2.45) is 5.41 Å². The average molecular weight is 320 g/mol. The quantitative estimate of drug-likeness (QED) is 0.766. The summed E-state index contributed by atoms with van der Waals surface area (Å²) in [6.45, 7) is 9.02. The summed E-state index contributed by atoms with van der Waals surface area (Å²) in [7, 11) is 0. The highest BCUT2D eigenvalue weighted by Crippen LogP contribution is 2.32. The van der Waals surface area contributed by atoms with Crippen LogP contribution in [0.25, 0.3) is 5.70 Å². The second-order valence-corrected chi connectivity index (χ2v) is 6.54. The van der Waals surface area contributed by atoms with Crippen molar-refractivity contribution in [3.05, 3.63) is 53.3 Å². The van der Waals surface area contributed by atoms with E-state index in [0.29, 0.717) is 13.0 Å². The largest absolute Gasteiger partial charge is 0.496 e. The van der Waals surface area contributed by atoms with Crippen molar-refractivity contribution in [1.82, 2.24) is 14.8 Å². The highest BCUT2D eigenvalue weighted by atomic mass is 35.5. The molecule has 4 nitrogen and oxygen atoms in total. The van der Waals surface area contributed by atoms with E-state index in [2.05, 4.69) is 30.9 Å². The first-order valence-corrected chi connectivity index (χ1v) is 7.75. The Labute approximate surface area is 136 Å². The first kappa shape index (κ1) is 16.6. The summed E-state index contributed by atoms with van der Waals surface area (Å²) in [6, 6.07) is 7.83. The number of aromatic nitrogens is 3. The molecule has 22 heavy (non-hydrogen) atoms. The zero-order valence-corrected chi connectivity index (χ0v) is 14.3. The third-order valence-electron chi connectivity index (χ3n) is 3.21. The molecule has 1 aromatic heterocycles. The number of ether oxygens (including phenoxy) is 1. The number of halogens is 1. The maximum atomic E-state index is 5.97. The lowest BCUT2D eigenvalue weighted by molar-refractivity contribution is 0.163. The molecular weight excluding hydrogens is 298 g/mol. The first-order chi connectivity index (χ1) is 10.4. The van der Waals surface area contributed by atoms with Gasteiger partial charge < -0.3 is 4.74 Å². The second kappa shape index (κ2) is 6.97. The first-order valence-electron chi connectivity index (χ1n) is 7.37. The molecule has 0 spiro atoms. The van der Waals surface area contributed by atoms with Crippen molar-refractivity contribution in [2.75, 3.05) is 6.61 Å². The monoisotopic (exact) mass is 319 g/mol. The lowest BCUT2D eigenvalue weighted by atomic mass is 9.91. The maximum absolute atomic E-state index is 5.97. The Bertz CT molecular complexity index is 625. The molecule has 0 radical (unpaired) electrons. The molecule has 0 N–H and O–H groups in total. The van der Waals surface area contributed by atoms with Crippen LogP contribution in [0.1, 0.15) is 33.3 Å². The minimum atomic E-state index is -0.121. The van der Waals surface area contributed by atoms with Gasteiger partial charge in [-0.2, -0.15) is 5.10 Å². The molecule has 0 amide bonds. The summed E-state index contributed by atoms with van der Waals surface area (Å²) in [5, 5.41) is 5.02. The molecular formula is C17H22ClN3O. The predicted octanol–water partition coefficient (Wildman–Crippen LogP) is 4.43. The molecule has 0 saturated carbocycles. The van der Waals surface area contributed by atoms with Gasteiger partial charge in [-0.25, -0.2) is 9.67 Å². The van der Waals surface area contributed by atoms with Gasteiger partial charge in [0.25, 0.3) is 0 Å². The highest BCUT2D eigenvalue weighted by Gasteiger charge is 2.24. The molecule has 0 aliphatic rings. The molecule has 5 heteroatoms.